The van der Waals surface area contributed by atoms with Crippen LogP contribution in [0, 0.1) is 11.8 Å². The molecule has 1 heterocycles. The smallest absolute Gasteiger partial charge is 0.328 e. The van der Waals surface area contributed by atoms with Gasteiger partial charge in [-0.1, -0.05) is 35.8 Å². The summed E-state index contributed by atoms with van der Waals surface area (Å²) in [4.78, 5) is 13.1. The standard InChI is InChI=1S/C16H20BrNO2/c1-11-7-8-18(10-12(11)2)15-9-14(17)5-3-13(15)4-6-16(19)20/h3-6,9,11-12H,7-8,10H2,1-2H3,(H,19,20)/b6-4+. The van der Waals surface area contributed by atoms with Crippen molar-refractivity contribution in [1.82, 2.24) is 0 Å². The number of hydrogen-bond acceptors (Lipinski definition) is 2. The molecule has 3 nitrogen and oxygen atoms in total. The third-order valence-electron chi connectivity index (χ3n) is 4.07. The Morgan fingerprint density at radius 3 is 2.80 bits per heavy atom. The zero-order chi connectivity index (χ0) is 14.7. The van der Waals surface area contributed by atoms with Crippen LogP contribution >= 0.6 is 15.9 Å². The van der Waals surface area contributed by atoms with Crippen molar-refractivity contribution in [3.05, 3.63) is 34.3 Å². The van der Waals surface area contributed by atoms with Crippen LogP contribution in [0.3, 0.4) is 0 Å². The summed E-state index contributed by atoms with van der Waals surface area (Å²) in [6.07, 6.45) is 4.05. The minimum atomic E-state index is -0.917. The molecule has 1 aliphatic rings. The molecule has 0 radical (unpaired) electrons. The molecule has 1 aromatic carbocycles. The zero-order valence-corrected chi connectivity index (χ0v) is 13.4. The number of hydrogen-bond donors (Lipinski definition) is 1. The van der Waals surface area contributed by atoms with Crippen molar-refractivity contribution in [2.45, 2.75) is 20.3 Å². The Morgan fingerprint density at radius 1 is 1.40 bits per heavy atom. The fraction of sp³-hybridized carbons (Fsp3) is 0.438. The van der Waals surface area contributed by atoms with Crippen LogP contribution in [0.4, 0.5) is 5.69 Å². The maximum Gasteiger partial charge on any atom is 0.328 e. The Bertz CT molecular complexity index is 527. The van der Waals surface area contributed by atoms with Gasteiger partial charge in [0.1, 0.15) is 0 Å². The monoisotopic (exact) mass is 337 g/mol. The highest BCUT2D eigenvalue weighted by atomic mass is 79.9. The summed E-state index contributed by atoms with van der Waals surface area (Å²) in [5, 5.41) is 8.80. The Labute approximate surface area is 128 Å². The summed E-state index contributed by atoms with van der Waals surface area (Å²) in [7, 11) is 0. The van der Waals surface area contributed by atoms with Gasteiger partial charge in [-0.3, -0.25) is 0 Å². The fourth-order valence-corrected chi connectivity index (χ4v) is 2.92. The fourth-order valence-electron chi connectivity index (χ4n) is 2.57. The number of anilines is 1. The largest absolute Gasteiger partial charge is 0.478 e. The molecule has 2 unspecified atom stereocenters. The number of benzene rings is 1. The van der Waals surface area contributed by atoms with Crippen LogP contribution in [0.2, 0.25) is 0 Å². The highest BCUT2D eigenvalue weighted by molar-refractivity contribution is 9.10. The van der Waals surface area contributed by atoms with Gasteiger partial charge >= 0.3 is 5.97 Å². The first-order valence-corrected chi connectivity index (χ1v) is 7.72. The SMILES string of the molecule is CC1CCN(c2cc(Br)ccc2/C=C/C(=O)O)CC1C. The molecule has 2 atom stereocenters. The molecule has 0 aromatic heterocycles. The van der Waals surface area contributed by atoms with Crippen LogP contribution < -0.4 is 4.90 Å². The van der Waals surface area contributed by atoms with Gasteiger partial charge in [0, 0.05) is 29.3 Å². The quantitative estimate of drug-likeness (QED) is 0.846. The van der Waals surface area contributed by atoms with E-state index in [0.717, 1.165) is 34.7 Å². The van der Waals surface area contributed by atoms with E-state index in [9.17, 15) is 4.79 Å². The van der Waals surface area contributed by atoms with Gasteiger partial charge in [-0.25, -0.2) is 4.79 Å². The first-order chi connectivity index (χ1) is 9.47. The average Bonchev–Trinajstić information content (AvgIpc) is 2.40. The van der Waals surface area contributed by atoms with E-state index in [1.807, 2.05) is 12.1 Å². The number of nitrogens with zero attached hydrogens (tertiary/aromatic N) is 1. The van der Waals surface area contributed by atoms with Gasteiger partial charge in [0.15, 0.2) is 0 Å². The van der Waals surface area contributed by atoms with Crippen LogP contribution in [0.5, 0.6) is 0 Å². The lowest BCUT2D eigenvalue weighted by Gasteiger charge is -2.37. The Morgan fingerprint density at radius 2 is 2.15 bits per heavy atom. The molecule has 1 aliphatic heterocycles. The third kappa shape index (κ3) is 3.63. The van der Waals surface area contributed by atoms with Gasteiger partial charge < -0.3 is 10.0 Å². The first kappa shape index (κ1) is 15.1. The molecule has 20 heavy (non-hydrogen) atoms. The minimum Gasteiger partial charge on any atom is -0.478 e. The summed E-state index contributed by atoms with van der Waals surface area (Å²) in [5.41, 5.74) is 2.06. The maximum atomic E-state index is 10.7. The van der Waals surface area contributed by atoms with E-state index in [1.54, 1.807) is 6.08 Å². The predicted octanol–water partition coefficient (Wildman–Crippen LogP) is 4.03. The minimum absolute atomic E-state index is 0.652. The van der Waals surface area contributed by atoms with Gasteiger partial charge in [-0.05, 0) is 42.0 Å². The van der Waals surface area contributed by atoms with Crippen molar-refractivity contribution in [3.63, 3.8) is 0 Å². The summed E-state index contributed by atoms with van der Waals surface area (Å²) in [6.45, 7) is 6.62. The van der Waals surface area contributed by atoms with Crippen LogP contribution in [0.1, 0.15) is 25.8 Å². The van der Waals surface area contributed by atoms with Crippen molar-refractivity contribution >= 4 is 33.7 Å². The number of carboxylic acid groups (broad SMARTS) is 1. The summed E-state index contributed by atoms with van der Waals surface area (Å²) in [6, 6.07) is 5.98. The normalized spacial score (nSPS) is 23.2. The molecule has 0 saturated carbocycles. The Hall–Kier alpha value is -1.29. The van der Waals surface area contributed by atoms with Gasteiger partial charge in [-0.15, -0.1) is 0 Å². The van der Waals surface area contributed by atoms with Gasteiger partial charge in [0.05, 0.1) is 0 Å². The second-order valence-electron chi connectivity index (χ2n) is 5.56. The van der Waals surface area contributed by atoms with Crippen LogP contribution in [-0.2, 0) is 4.79 Å². The molecule has 1 saturated heterocycles. The number of piperidine rings is 1. The van der Waals surface area contributed by atoms with E-state index >= 15 is 0 Å². The molecule has 2 rings (SSSR count). The topological polar surface area (TPSA) is 40.5 Å². The van der Waals surface area contributed by atoms with E-state index in [0.29, 0.717) is 5.92 Å². The zero-order valence-electron chi connectivity index (χ0n) is 11.8. The molecule has 0 amide bonds. The maximum absolute atomic E-state index is 10.7. The van der Waals surface area contributed by atoms with Crippen molar-refractivity contribution in [3.8, 4) is 0 Å². The van der Waals surface area contributed by atoms with Crippen LogP contribution in [0.25, 0.3) is 6.08 Å². The van der Waals surface area contributed by atoms with Crippen LogP contribution in [0.15, 0.2) is 28.7 Å². The average molecular weight is 338 g/mol. The molecule has 1 aromatic rings. The number of rotatable bonds is 3. The number of carbonyl (C=O) groups is 1. The van der Waals surface area contributed by atoms with Gasteiger partial charge in [-0.2, -0.15) is 0 Å². The van der Waals surface area contributed by atoms with Crippen LogP contribution in [-0.4, -0.2) is 24.2 Å². The highest BCUT2D eigenvalue weighted by Crippen LogP contribution is 2.31. The third-order valence-corrected chi connectivity index (χ3v) is 4.57. The molecule has 1 N–H and O–H groups in total. The second-order valence-corrected chi connectivity index (χ2v) is 6.48. The van der Waals surface area contributed by atoms with E-state index in [1.165, 1.54) is 12.5 Å². The molecule has 1 fully saturated rings. The van der Waals surface area contributed by atoms with E-state index in [2.05, 4.69) is 40.7 Å². The lowest BCUT2D eigenvalue weighted by molar-refractivity contribution is -0.131. The Kier molecular flexibility index (Phi) is 4.86. The number of carboxylic acids is 1. The van der Waals surface area contributed by atoms with Crippen molar-refractivity contribution in [2.75, 3.05) is 18.0 Å². The molecule has 4 heteroatoms. The summed E-state index contributed by atoms with van der Waals surface area (Å²) in [5.74, 6) is 0.481. The molecule has 108 valence electrons. The van der Waals surface area contributed by atoms with E-state index < -0.39 is 5.97 Å². The lowest BCUT2D eigenvalue weighted by atomic mass is 9.88. The van der Waals surface area contributed by atoms with E-state index in [4.69, 9.17) is 5.11 Å². The first-order valence-electron chi connectivity index (χ1n) is 6.93. The second kappa shape index (κ2) is 6.44. The predicted molar refractivity (Wildman–Crippen MR) is 86.0 cm³/mol. The Balaban J connectivity index is 2.29. The van der Waals surface area contributed by atoms with Crippen molar-refractivity contribution in [1.29, 1.82) is 0 Å². The molecule has 0 aliphatic carbocycles. The molecule has 0 bridgehead atoms. The van der Waals surface area contributed by atoms with Gasteiger partial charge in [0.25, 0.3) is 0 Å². The van der Waals surface area contributed by atoms with E-state index in [-0.39, 0.29) is 0 Å². The lowest BCUT2D eigenvalue weighted by Crippen LogP contribution is -2.38. The highest BCUT2D eigenvalue weighted by Gasteiger charge is 2.23. The van der Waals surface area contributed by atoms with Gasteiger partial charge in [0.2, 0.25) is 0 Å². The number of halogens is 1. The van der Waals surface area contributed by atoms with Crippen molar-refractivity contribution < 1.29 is 9.90 Å². The molecular formula is C16H20BrNO2. The van der Waals surface area contributed by atoms with Crippen molar-refractivity contribution in [2.24, 2.45) is 11.8 Å². The summed E-state index contributed by atoms with van der Waals surface area (Å²) >= 11 is 3.50. The summed E-state index contributed by atoms with van der Waals surface area (Å²) < 4.78 is 1.02. The molecule has 0 spiro atoms. The molecular weight excluding hydrogens is 318 g/mol. The number of aliphatic carboxylic acids is 1.